The van der Waals surface area contributed by atoms with Crippen molar-refractivity contribution < 1.29 is 28.6 Å². The summed E-state index contributed by atoms with van der Waals surface area (Å²) in [5.74, 6) is -2.82. The topological polar surface area (TPSA) is 83.9 Å². The third-order valence-electron chi connectivity index (χ3n) is 5.30. The number of aliphatic hydroxyl groups is 1. The van der Waals surface area contributed by atoms with Crippen LogP contribution in [0, 0.1) is 5.82 Å². The number of esters is 1. The summed E-state index contributed by atoms with van der Waals surface area (Å²) in [5.41, 5.74) is 1.31. The van der Waals surface area contributed by atoms with Crippen molar-refractivity contribution in [2.24, 2.45) is 0 Å². The van der Waals surface area contributed by atoms with Gasteiger partial charge in [-0.15, -0.1) is 11.3 Å². The first kappa shape index (κ1) is 23.4. The SMILES string of the molecule is CC(C)OC(=O)Cc1ccc(N2C(=O)C(=O)/C(=C(\O)c3ccc(F)cc3)C2c2cccs2)cc1. The van der Waals surface area contributed by atoms with Crippen LogP contribution in [-0.2, 0) is 25.5 Å². The zero-order valence-corrected chi connectivity index (χ0v) is 19.3. The Kier molecular flexibility index (Phi) is 6.61. The van der Waals surface area contributed by atoms with E-state index in [1.165, 1.54) is 40.5 Å². The van der Waals surface area contributed by atoms with Gasteiger partial charge in [-0.1, -0.05) is 18.2 Å². The van der Waals surface area contributed by atoms with Crippen LogP contribution in [0.2, 0.25) is 0 Å². The lowest BCUT2D eigenvalue weighted by molar-refractivity contribution is -0.146. The first-order chi connectivity index (χ1) is 16.3. The highest BCUT2D eigenvalue weighted by Gasteiger charge is 2.47. The third kappa shape index (κ3) is 4.63. The van der Waals surface area contributed by atoms with E-state index in [0.717, 1.165) is 0 Å². The molecule has 34 heavy (non-hydrogen) atoms. The van der Waals surface area contributed by atoms with E-state index < -0.39 is 23.5 Å². The number of carbonyl (C=O) groups excluding carboxylic acids is 3. The number of Topliss-reactive ketones (excluding diaryl/α,β-unsaturated/α-hetero) is 1. The Bertz CT molecular complexity index is 1250. The quantitative estimate of drug-likeness (QED) is 0.233. The molecule has 0 aliphatic carbocycles. The van der Waals surface area contributed by atoms with Crippen molar-refractivity contribution in [3.63, 3.8) is 0 Å². The maximum Gasteiger partial charge on any atom is 0.310 e. The lowest BCUT2D eigenvalue weighted by Gasteiger charge is -2.24. The monoisotopic (exact) mass is 479 g/mol. The minimum absolute atomic E-state index is 0.0661. The second-order valence-corrected chi connectivity index (χ2v) is 9.05. The van der Waals surface area contributed by atoms with Crippen LogP contribution in [-0.4, -0.2) is 28.9 Å². The number of hydrogen-bond acceptors (Lipinski definition) is 6. The molecule has 1 unspecified atom stereocenters. The molecule has 8 heteroatoms. The van der Waals surface area contributed by atoms with Crippen LogP contribution < -0.4 is 4.90 Å². The summed E-state index contributed by atoms with van der Waals surface area (Å²) in [7, 11) is 0. The highest BCUT2D eigenvalue weighted by atomic mass is 32.1. The van der Waals surface area contributed by atoms with Crippen molar-refractivity contribution in [1.82, 2.24) is 0 Å². The molecule has 1 aromatic heterocycles. The molecular weight excluding hydrogens is 457 g/mol. The lowest BCUT2D eigenvalue weighted by Crippen LogP contribution is -2.29. The molecule has 1 fully saturated rings. The van der Waals surface area contributed by atoms with Crippen LogP contribution in [0.15, 0.2) is 71.6 Å². The number of aliphatic hydroxyl groups excluding tert-OH is 1. The van der Waals surface area contributed by atoms with Crippen molar-refractivity contribution in [3.05, 3.63) is 93.4 Å². The highest BCUT2D eigenvalue weighted by Crippen LogP contribution is 2.43. The summed E-state index contributed by atoms with van der Waals surface area (Å²) in [6.07, 6.45) is -0.138. The number of hydrogen-bond donors (Lipinski definition) is 1. The van der Waals surface area contributed by atoms with Crippen LogP contribution in [0.1, 0.15) is 35.9 Å². The van der Waals surface area contributed by atoms with Gasteiger partial charge in [-0.2, -0.15) is 0 Å². The first-order valence-corrected chi connectivity index (χ1v) is 11.5. The fourth-order valence-corrected chi connectivity index (χ4v) is 4.65. The fourth-order valence-electron chi connectivity index (χ4n) is 3.82. The van der Waals surface area contributed by atoms with Crippen LogP contribution in [0.25, 0.3) is 5.76 Å². The van der Waals surface area contributed by atoms with Gasteiger partial charge < -0.3 is 9.84 Å². The molecule has 2 aromatic carbocycles. The van der Waals surface area contributed by atoms with Gasteiger partial charge in [0.1, 0.15) is 17.6 Å². The molecule has 4 rings (SSSR count). The largest absolute Gasteiger partial charge is 0.507 e. The standard InChI is InChI=1S/C26H22FNO5S/c1-15(2)33-21(29)14-16-5-11-19(12-6-16)28-23(20-4-3-13-34-20)22(25(31)26(28)32)24(30)17-7-9-18(27)10-8-17/h3-13,15,23,30H,14H2,1-2H3/b24-22-. The lowest BCUT2D eigenvalue weighted by atomic mass is 9.99. The van der Waals surface area contributed by atoms with Crippen molar-refractivity contribution >= 4 is 40.4 Å². The van der Waals surface area contributed by atoms with E-state index in [1.807, 2.05) is 5.38 Å². The molecule has 0 saturated carbocycles. The first-order valence-electron chi connectivity index (χ1n) is 10.6. The number of anilines is 1. The molecule has 1 atom stereocenters. The molecule has 0 radical (unpaired) electrons. The molecule has 1 amide bonds. The minimum atomic E-state index is -0.846. The molecular formula is C26H22FNO5S. The van der Waals surface area contributed by atoms with Gasteiger partial charge in [-0.3, -0.25) is 19.3 Å². The number of ketones is 1. The second kappa shape index (κ2) is 9.61. The van der Waals surface area contributed by atoms with E-state index in [2.05, 4.69) is 0 Å². The number of thiophene rings is 1. The van der Waals surface area contributed by atoms with E-state index in [0.29, 0.717) is 16.1 Å². The van der Waals surface area contributed by atoms with Crippen molar-refractivity contribution in [1.29, 1.82) is 0 Å². The molecule has 2 heterocycles. The van der Waals surface area contributed by atoms with E-state index >= 15 is 0 Å². The predicted molar refractivity (Wildman–Crippen MR) is 127 cm³/mol. The minimum Gasteiger partial charge on any atom is -0.507 e. The normalized spacial score (nSPS) is 17.4. The molecule has 1 aliphatic rings. The van der Waals surface area contributed by atoms with Crippen LogP contribution in [0.4, 0.5) is 10.1 Å². The number of carbonyl (C=O) groups is 3. The average molecular weight is 480 g/mol. The van der Waals surface area contributed by atoms with Gasteiger partial charge in [-0.25, -0.2) is 4.39 Å². The van der Waals surface area contributed by atoms with Crippen molar-refractivity contribution in [2.45, 2.75) is 32.4 Å². The molecule has 3 aromatic rings. The Morgan fingerprint density at radius 1 is 1.09 bits per heavy atom. The summed E-state index contributed by atoms with van der Waals surface area (Å²) in [6.45, 7) is 3.54. The van der Waals surface area contributed by atoms with Crippen LogP contribution in [0.5, 0.6) is 0 Å². The Morgan fingerprint density at radius 2 is 1.76 bits per heavy atom. The molecule has 174 valence electrons. The van der Waals surface area contributed by atoms with E-state index in [-0.39, 0.29) is 35.4 Å². The smallest absolute Gasteiger partial charge is 0.310 e. The summed E-state index contributed by atoms with van der Waals surface area (Å²) in [4.78, 5) is 40.1. The molecule has 1 N–H and O–H groups in total. The van der Waals surface area contributed by atoms with Gasteiger partial charge in [0.15, 0.2) is 0 Å². The summed E-state index contributed by atoms with van der Waals surface area (Å²) in [5, 5.41) is 12.8. The number of nitrogens with zero attached hydrogens (tertiary/aromatic N) is 1. The molecule has 1 saturated heterocycles. The van der Waals surface area contributed by atoms with Crippen LogP contribution in [0.3, 0.4) is 0 Å². The summed E-state index contributed by atoms with van der Waals surface area (Å²) in [6, 6.07) is 14.5. The second-order valence-electron chi connectivity index (χ2n) is 8.07. The van der Waals surface area contributed by atoms with Gasteiger partial charge in [0.25, 0.3) is 11.7 Å². The van der Waals surface area contributed by atoms with E-state index in [9.17, 15) is 23.9 Å². The maximum absolute atomic E-state index is 13.4. The number of amides is 1. The van der Waals surface area contributed by atoms with Gasteiger partial charge in [0, 0.05) is 16.1 Å². The average Bonchev–Trinajstić information content (AvgIpc) is 3.41. The number of rotatable bonds is 6. The third-order valence-corrected chi connectivity index (χ3v) is 6.23. The van der Waals surface area contributed by atoms with Crippen molar-refractivity contribution in [2.75, 3.05) is 4.90 Å². The molecule has 0 spiro atoms. The summed E-state index contributed by atoms with van der Waals surface area (Å²) >= 11 is 1.35. The Labute approximate surface area is 199 Å². The molecule has 1 aliphatic heterocycles. The Morgan fingerprint density at radius 3 is 2.35 bits per heavy atom. The zero-order valence-electron chi connectivity index (χ0n) is 18.5. The molecule has 6 nitrogen and oxygen atoms in total. The highest BCUT2D eigenvalue weighted by molar-refractivity contribution is 7.10. The van der Waals surface area contributed by atoms with Gasteiger partial charge in [-0.05, 0) is 67.3 Å². The maximum atomic E-state index is 13.4. The van der Waals surface area contributed by atoms with Gasteiger partial charge in [0.05, 0.1) is 18.1 Å². The van der Waals surface area contributed by atoms with E-state index in [1.54, 1.807) is 50.2 Å². The molecule has 0 bridgehead atoms. The number of halogens is 1. The number of ether oxygens (including phenoxy) is 1. The van der Waals surface area contributed by atoms with Crippen LogP contribution >= 0.6 is 11.3 Å². The summed E-state index contributed by atoms with van der Waals surface area (Å²) < 4.78 is 18.5. The van der Waals surface area contributed by atoms with E-state index in [4.69, 9.17) is 4.74 Å². The van der Waals surface area contributed by atoms with Crippen molar-refractivity contribution in [3.8, 4) is 0 Å². The Balaban J connectivity index is 1.73. The zero-order chi connectivity index (χ0) is 24.4. The van der Waals surface area contributed by atoms with Gasteiger partial charge in [0.2, 0.25) is 0 Å². The van der Waals surface area contributed by atoms with Gasteiger partial charge >= 0.3 is 5.97 Å². The Hall–Kier alpha value is -3.78. The fraction of sp³-hybridized carbons (Fsp3) is 0.192. The number of benzene rings is 2. The predicted octanol–water partition coefficient (Wildman–Crippen LogP) is 5.01.